The van der Waals surface area contributed by atoms with Crippen molar-refractivity contribution in [2.75, 3.05) is 7.11 Å². The van der Waals surface area contributed by atoms with Crippen molar-refractivity contribution in [1.29, 1.82) is 0 Å². The molecule has 0 aliphatic heterocycles. The van der Waals surface area contributed by atoms with Gasteiger partial charge >= 0.3 is 0 Å². The molecule has 2 rings (SSSR count). The summed E-state index contributed by atoms with van der Waals surface area (Å²) in [5, 5.41) is 0.401. The fourth-order valence-corrected chi connectivity index (χ4v) is 2.19. The van der Waals surface area contributed by atoms with Gasteiger partial charge in [0.1, 0.15) is 23.0 Å². The largest absolute Gasteiger partial charge is 0.496 e. The van der Waals surface area contributed by atoms with Crippen LogP contribution in [0.1, 0.15) is 18.9 Å². The summed E-state index contributed by atoms with van der Waals surface area (Å²) in [5.41, 5.74) is 2.03. The Morgan fingerprint density at radius 1 is 1.32 bits per heavy atom. The molecule has 0 aliphatic carbocycles. The molecule has 0 saturated carbocycles. The van der Waals surface area contributed by atoms with E-state index in [2.05, 4.69) is 9.97 Å². The zero-order valence-electron chi connectivity index (χ0n) is 10.8. The topological polar surface area (TPSA) is 35.0 Å². The van der Waals surface area contributed by atoms with Gasteiger partial charge in [-0.15, -0.1) is 0 Å². The number of rotatable bonds is 4. The van der Waals surface area contributed by atoms with Gasteiger partial charge in [0.2, 0.25) is 0 Å². The predicted molar refractivity (Wildman–Crippen MR) is 73.0 cm³/mol. The molecule has 0 radical (unpaired) electrons. The average Bonchev–Trinajstić information content (AvgIpc) is 2.41. The molecule has 100 valence electrons. The maximum atomic E-state index is 13.5. The van der Waals surface area contributed by atoms with Crippen LogP contribution in [0.25, 0.3) is 11.3 Å². The van der Waals surface area contributed by atoms with Crippen molar-refractivity contribution in [1.82, 2.24) is 9.97 Å². The summed E-state index contributed by atoms with van der Waals surface area (Å²) in [7, 11) is 1.54. The minimum absolute atomic E-state index is 0.340. The quantitative estimate of drug-likeness (QED) is 0.797. The van der Waals surface area contributed by atoms with Gasteiger partial charge in [-0.1, -0.05) is 24.9 Å². The first-order valence-electron chi connectivity index (χ1n) is 6.00. The average molecular weight is 281 g/mol. The number of methoxy groups -OCH3 is 1. The van der Waals surface area contributed by atoms with E-state index in [0.717, 1.165) is 18.4 Å². The van der Waals surface area contributed by atoms with Crippen LogP contribution >= 0.6 is 11.6 Å². The summed E-state index contributed by atoms with van der Waals surface area (Å²) >= 11 is 6.11. The summed E-state index contributed by atoms with van der Waals surface area (Å²) in [6.45, 7) is 2.04. The molecule has 1 heterocycles. The Balaban J connectivity index is 2.64. The van der Waals surface area contributed by atoms with Gasteiger partial charge in [0, 0.05) is 11.1 Å². The Morgan fingerprint density at radius 2 is 2.11 bits per heavy atom. The standard InChI is InChI=1S/C14H14ClFN2O/c1-3-4-10-13(17-8-18-14(10)15)11-7-9(16)5-6-12(11)19-2/h5-8H,3-4H2,1-2H3. The first-order chi connectivity index (χ1) is 9.17. The molecule has 0 atom stereocenters. The fraction of sp³-hybridized carbons (Fsp3) is 0.286. The van der Waals surface area contributed by atoms with Crippen LogP contribution in [-0.2, 0) is 6.42 Å². The minimum atomic E-state index is -0.340. The number of hydrogen-bond acceptors (Lipinski definition) is 3. The molecule has 2 aromatic rings. The number of ether oxygens (including phenoxy) is 1. The Bertz CT molecular complexity index is 590. The number of hydrogen-bond donors (Lipinski definition) is 0. The molecule has 1 aromatic carbocycles. The van der Waals surface area contributed by atoms with E-state index in [1.807, 2.05) is 6.92 Å². The number of halogens is 2. The third kappa shape index (κ3) is 2.84. The Labute approximate surface area is 116 Å². The normalized spacial score (nSPS) is 10.5. The van der Waals surface area contributed by atoms with Crippen molar-refractivity contribution in [2.24, 2.45) is 0 Å². The van der Waals surface area contributed by atoms with Gasteiger partial charge in [0.25, 0.3) is 0 Å². The predicted octanol–water partition coefficient (Wildman–Crippen LogP) is 3.90. The van der Waals surface area contributed by atoms with Crippen molar-refractivity contribution < 1.29 is 9.13 Å². The number of aromatic nitrogens is 2. The molecule has 0 bridgehead atoms. The lowest BCUT2D eigenvalue weighted by molar-refractivity contribution is 0.415. The fourth-order valence-electron chi connectivity index (χ4n) is 1.96. The van der Waals surface area contributed by atoms with Crippen LogP contribution in [0.15, 0.2) is 24.5 Å². The summed E-state index contributed by atoms with van der Waals surface area (Å²) < 4.78 is 18.7. The van der Waals surface area contributed by atoms with Crippen molar-refractivity contribution in [3.8, 4) is 17.0 Å². The Hall–Kier alpha value is -1.68. The molecule has 0 spiro atoms. The second-order valence-electron chi connectivity index (χ2n) is 4.09. The summed E-state index contributed by atoms with van der Waals surface area (Å²) in [6.07, 6.45) is 3.01. The second-order valence-corrected chi connectivity index (χ2v) is 4.44. The van der Waals surface area contributed by atoms with Crippen LogP contribution in [0, 0.1) is 5.82 Å². The van der Waals surface area contributed by atoms with Crippen LogP contribution < -0.4 is 4.74 Å². The zero-order chi connectivity index (χ0) is 13.8. The highest BCUT2D eigenvalue weighted by Crippen LogP contribution is 2.33. The molecule has 19 heavy (non-hydrogen) atoms. The highest BCUT2D eigenvalue weighted by atomic mass is 35.5. The van der Waals surface area contributed by atoms with Gasteiger partial charge in [0.05, 0.1) is 12.8 Å². The number of nitrogens with zero attached hydrogens (tertiary/aromatic N) is 2. The first-order valence-corrected chi connectivity index (χ1v) is 6.38. The summed E-state index contributed by atoms with van der Waals surface area (Å²) in [5.74, 6) is 0.224. The van der Waals surface area contributed by atoms with Gasteiger partial charge in [-0.25, -0.2) is 14.4 Å². The van der Waals surface area contributed by atoms with E-state index in [4.69, 9.17) is 16.3 Å². The molecule has 0 amide bonds. The smallest absolute Gasteiger partial charge is 0.136 e. The van der Waals surface area contributed by atoms with Crippen LogP contribution in [-0.4, -0.2) is 17.1 Å². The molecule has 0 fully saturated rings. The van der Waals surface area contributed by atoms with E-state index in [1.165, 1.54) is 18.5 Å². The molecule has 1 aromatic heterocycles. The maximum absolute atomic E-state index is 13.5. The lowest BCUT2D eigenvalue weighted by atomic mass is 10.0. The highest BCUT2D eigenvalue weighted by molar-refractivity contribution is 6.30. The van der Waals surface area contributed by atoms with E-state index in [-0.39, 0.29) is 5.82 Å². The van der Waals surface area contributed by atoms with Gasteiger partial charge in [-0.2, -0.15) is 0 Å². The van der Waals surface area contributed by atoms with Crippen LogP contribution in [0.4, 0.5) is 4.39 Å². The molecule has 3 nitrogen and oxygen atoms in total. The van der Waals surface area contributed by atoms with Crippen molar-refractivity contribution in [3.05, 3.63) is 41.1 Å². The van der Waals surface area contributed by atoms with Crippen LogP contribution in [0.5, 0.6) is 5.75 Å². The first kappa shape index (κ1) is 13.7. The molecule has 0 N–H and O–H groups in total. The van der Waals surface area contributed by atoms with Crippen LogP contribution in [0.3, 0.4) is 0 Å². The van der Waals surface area contributed by atoms with Gasteiger partial charge in [0.15, 0.2) is 0 Å². The molecule has 0 aliphatic rings. The molecular formula is C14H14ClFN2O. The minimum Gasteiger partial charge on any atom is -0.496 e. The highest BCUT2D eigenvalue weighted by Gasteiger charge is 2.15. The molecular weight excluding hydrogens is 267 g/mol. The molecule has 0 saturated heterocycles. The van der Waals surface area contributed by atoms with Crippen LogP contribution in [0.2, 0.25) is 5.15 Å². The van der Waals surface area contributed by atoms with Crippen molar-refractivity contribution in [2.45, 2.75) is 19.8 Å². The van der Waals surface area contributed by atoms with E-state index in [9.17, 15) is 4.39 Å². The summed E-state index contributed by atoms with van der Waals surface area (Å²) in [6, 6.07) is 4.33. The Morgan fingerprint density at radius 3 is 2.79 bits per heavy atom. The van der Waals surface area contributed by atoms with Gasteiger partial charge in [-0.3, -0.25) is 0 Å². The second kappa shape index (κ2) is 5.97. The Kier molecular flexibility index (Phi) is 4.32. The maximum Gasteiger partial charge on any atom is 0.136 e. The summed E-state index contributed by atoms with van der Waals surface area (Å²) in [4.78, 5) is 8.22. The van der Waals surface area contributed by atoms with Crippen molar-refractivity contribution in [3.63, 3.8) is 0 Å². The molecule has 0 unspecified atom stereocenters. The lowest BCUT2D eigenvalue weighted by Crippen LogP contribution is -1.99. The van der Waals surface area contributed by atoms with Gasteiger partial charge < -0.3 is 4.74 Å². The third-order valence-corrected chi connectivity index (χ3v) is 3.14. The van der Waals surface area contributed by atoms with Gasteiger partial charge in [-0.05, 0) is 24.6 Å². The molecule has 5 heteroatoms. The lowest BCUT2D eigenvalue weighted by Gasteiger charge is -2.12. The monoisotopic (exact) mass is 280 g/mol. The van der Waals surface area contributed by atoms with E-state index in [0.29, 0.717) is 22.2 Å². The van der Waals surface area contributed by atoms with E-state index >= 15 is 0 Å². The van der Waals surface area contributed by atoms with E-state index < -0.39 is 0 Å². The number of benzene rings is 1. The van der Waals surface area contributed by atoms with Crippen molar-refractivity contribution >= 4 is 11.6 Å². The van der Waals surface area contributed by atoms with E-state index in [1.54, 1.807) is 13.2 Å². The SMILES string of the molecule is CCCc1c(Cl)ncnc1-c1cc(F)ccc1OC. The zero-order valence-corrected chi connectivity index (χ0v) is 11.5. The third-order valence-electron chi connectivity index (χ3n) is 2.81.